The molecule has 0 aromatic heterocycles. The van der Waals surface area contributed by atoms with Gasteiger partial charge in [0.1, 0.15) is 0 Å². The van der Waals surface area contributed by atoms with Crippen LogP contribution in [0.3, 0.4) is 0 Å². The first-order chi connectivity index (χ1) is 5.41. The predicted molar refractivity (Wildman–Crippen MR) is 43.0 cm³/mol. The molecule has 0 aliphatic carbocycles. The zero-order chi connectivity index (χ0) is 10.1. The molecule has 0 rings (SSSR count). The summed E-state index contributed by atoms with van der Waals surface area (Å²) in [6.07, 6.45) is 0. The molecule has 5 nitrogen and oxygen atoms in total. The minimum atomic E-state index is -2.32. The maximum atomic E-state index is 9.60. The first-order valence-electron chi connectivity index (χ1n) is 3.03. The Morgan fingerprint density at radius 3 is 2.08 bits per heavy atom. The maximum absolute atomic E-state index is 9.60. The number of hydrogen-bond acceptors (Lipinski definition) is 4. The van der Waals surface area contributed by atoms with Crippen LogP contribution in [0, 0.1) is 0 Å². The van der Waals surface area contributed by atoms with Gasteiger partial charge < -0.3 is 13.8 Å². The Balaban J connectivity index is 0. The van der Waals surface area contributed by atoms with Crippen LogP contribution in [0.25, 0.3) is 0 Å². The third kappa shape index (κ3) is 16.1. The van der Waals surface area contributed by atoms with E-state index >= 15 is 0 Å². The van der Waals surface area contributed by atoms with E-state index in [9.17, 15) is 13.6 Å². The lowest BCUT2D eigenvalue weighted by atomic mass is 10.4. The summed E-state index contributed by atoms with van der Waals surface area (Å²) in [6, 6.07) is 0. The number of carbonyl (C=O) groups is 1. The SMILES string of the molecule is C=C(C)C(=O)O.CCOS(=O)[O-]. The van der Waals surface area contributed by atoms with Crippen molar-refractivity contribution < 1.29 is 22.8 Å². The van der Waals surface area contributed by atoms with Gasteiger partial charge in [0, 0.05) is 5.57 Å². The lowest BCUT2D eigenvalue weighted by molar-refractivity contribution is -0.132. The van der Waals surface area contributed by atoms with Crippen LogP contribution in [0.15, 0.2) is 12.2 Å². The lowest BCUT2D eigenvalue weighted by Crippen LogP contribution is -1.92. The van der Waals surface area contributed by atoms with Gasteiger partial charge in [0.15, 0.2) is 0 Å². The van der Waals surface area contributed by atoms with Gasteiger partial charge in [-0.1, -0.05) is 6.58 Å². The molecule has 1 atom stereocenters. The van der Waals surface area contributed by atoms with E-state index in [0.717, 1.165) is 0 Å². The minimum Gasteiger partial charge on any atom is -0.750 e. The van der Waals surface area contributed by atoms with Gasteiger partial charge in [-0.05, 0) is 13.8 Å². The van der Waals surface area contributed by atoms with Gasteiger partial charge >= 0.3 is 5.97 Å². The van der Waals surface area contributed by atoms with Crippen LogP contribution < -0.4 is 0 Å². The van der Waals surface area contributed by atoms with E-state index in [1.165, 1.54) is 6.92 Å². The summed E-state index contributed by atoms with van der Waals surface area (Å²) in [7, 11) is 0. The molecule has 0 fully saturated rings. The molecule has 0 heterocycles. The first kappa shape index (κ1) is 13.8. The van der Waals surface area contributed by atoms with Gasteiger partial charge in [-0.15, -0.1) is 0 Å². The van der Waals surface area contributed by atoms with Crippen molar-refractivity contribution >= 4 is 17.3 Å². The third-order valence-corrected chi connectivity index (χ3v) is 1.01. The number of aliphatic carboxylic acids is 1. The zero-order valence-electron chi connectivity index (χ0n) is 6.90. The van der Waals surface area contributed by atoms with Crippen molar-refractivity contribution in [1.29, 1.82) is 0 Å². The standard InChI is InChI=1S/C4H6O2.C2H6O3S/c1-3(2)4(5)6;1-2-5-6(3)4/h1H2,2H3,(H,5,6);2H2,1H3,(H,3,4)/p-1. The summed E-state index contributed by atoms with van der Waals surface area (Å²) in [4.78, 5) is 9.60. The van der Waals surface area contributed by atoms with Crippen LogP contribution in [0.4, 0.5) is 0 Å². The molecule has 0 aromatic carbocycles. The van der Waals surface area contributed by atoms with E-state index in [1.807, 2.05) is 0 Å². The van der Waals surface area contributed by atoms with Crippen LogP contribution in [0.1, 0.15) is 13.8 Å². The third-order valence-electron chi connectivity index (χ3n) is 0.579. The molecule has 1 N–H and O–H groups in total. The Morgan fingerprint density at radius 2 is 2.08 bits per heavy atom. The Labute approximate surface area is 73.5 Å². The molecule has 0 amide bonds. The molecular weight excluding hydrogens is 184 g/mol. The van der Waals surface area contributed by atoms with Gasteiger partial charge in [0.05, 0.1) is 18.0 Å². The highest BCUT2D eigenvalue weighted by atomic mass is 32.2. The van der Waals surface area contributed by atoms with E-state index in [4.69, 9.17) is 5.11 Å². The second-order valence-corrected chi connectivity index (χ2v) is 2.34. The maximum Gasteiger partial charge on any atom is 0.330 e. The fourth-order valence-electron chi connectivity index (χ4n) is 0.0962. The number of carboxylic acids is 1. The highest BCUT2D eigenvalue weighted by Crippen LogP contribution is 1.81. The molecule has 6 heteroatoms. The van der Waals surface area contributed by atoms with E-state index < -0.39 is 17.3 Å². The fourth-order valence-corrected chi connectivity index (χ4v) is 0.289. The van der Waals surface area contributed by atoms with Crippen LogP contribution in [0.2, 0.25) is 0 Å². The number of carboxylic acid groups (broad SMARTS) is 1. The number of rotatable bonds is 3. The highest BCUT2D eigenvalue weighted by Gasteiger charge is 1.90. The smallest absolute Gasteiger partial charge is 0.330 e. The van der Waals surface area contributed by atoms with Crippen molar-refractivity contribution in [2.24, 2.45) is 0 Å². The molecule has 0 aromatic rings. The van der Waals surface area contributed by atoms with Crippen LogP contribution in [0.5, 0.6) is 0 Å². The number of hydrogen-bond donors (Lipinski definition) is 1. The van der Waals surface area contributed by atoms with Gasteiger partial charge in [-0.2, -0.15) is 0 Å². The van der Waals surface area contributed by atoms with Crippen LogP contribution in [-0.4, -0.2) is 26.4 Å². The molecule has 1 unspecified atom stereocenters. The summed E-state index contributed by atoms with van der Waals surface area (Å²) in [5, 5.41) is 7.89. The van der Waals surface area contributed by atoms with Gasteiger partial charge in [0.25, 0.3) is 0 Å². The van der Waals surface area contributed by atoms with E-state index in [-0.39, 0.29) is 12.2 Å². The topological polar surface area (TPSA) is 86.7 Å². The van der Waals surface area contributed by atoms with Gasteiger partial charge in [0.2, 0.25) is 0 Å². The second kappa shape index (κ2) is 8.38. The Kier molecular flexibility index (Phi) is 9.66. The molecule has 0 saturated carbocycles. The van der Waals surface area contributed by atoms with Gasteiger partial charge in [-0.3, -0.25) is 0 Å². The lowest BCUT2D eigenvalue weighted by Gasteiger charge is -1.98. The zero-order valence-corrected chi connectivity index (χ0v) is 7.72. The summed E-state index contributed by atoms with van der Waals surface area (Å²) >= 11 is -2.32. The molecule has 0 aliphatic heterocycles. The fraction of sp³-hybridized carbons (Fsp3) is 0.500. The van der Waals surface area contributed by atoms with E-state index in [0.29, 0.717) is 0 Å². The van der Waals surface area contributed by atoms with Gasteiger partial charge in [-0.25, -0.2) is 9.00 Å². The molecule has 0 aliphatic rings. The van der Waals surface area contributed by atoms with E-state index in [1.54, 1.807) is 6.92 Å². The predicted octanol–water partition coefficient (Wildman–Crippen LogP) is 0.464. The Hall–Kier alpha value is -0.720. The van der Waals surface area contributed by atoms with Crippen molar-refractivity contribution in [3.05, 3.63) is 12.2 Å². The van der Waals surface area contributed by atoms with Crippen molar-refractivity contribution in [2.75, 3.05) is 6.61 Å². The quantitative estimate of drug-likeness (QED) is 0.522. The van der Waals surface area contributed by atoms with Crippen LogP contribution >= 0.6 is 0 Å². The van der Waals surface area contributed by atoms with Crippen molar-refractivity contribution in [1.82, 2.24) is 0 Å². The Morgan fingerprint density at radius 1 is 1.75 bits per heavy atom. The minimum absolute atomic E-state index is 0.176. The Bertz CT molecular complexity index is 165. The average molecular weight is 195 g/mol. The van der Waals surface area contributed by atoms with E-state index in [2.05, 4.69) is 10.8 Å². The van der Waals surface area contributed by atoms with Crippen LogP contribution in [-0.2, 0) is 20.3 Å². The molecular formula is C6H11O5S-. The average Bonchev–Trinajstić information content (AvgIpc) is 1.87. The second-order valence-electron chi connectivity index (χ2n) is 1.70. The summed E-state index contributed by atoms with van der Waals surface area (Å²) in [6.45, 7) is 6.43. The molecule has 12 heavy (non-hydrogen) atoms. The largest absolute Gasteiger partial charge is 0.750 e. The molecule has 0 radical (unpaired) electrons. The van der Waals surface area contributed by atoms with Crippen molar-refractivity contribution in [3.8, 4) is 0 Å². The van der Waals surface area contributed by atoms with Crippen molar-refractivity contribution in [3.63, 3.8) is 0 Å². The molecule has 0 saturated heterocycles. The monoisotopic (exact) mass is 195 g/mol. The normalized spacial score (nSPS) is 10.9. The molecule has 0 bridgehead atoms. The van der Waals surface area contributed by atoms with Crippen molar-refractivity contribution in [2.45, 2.75) is 13.8 Å². The molecule has 72 valence electrons. The molecule has 0 spiro atoms. The summed E-state index contributed by atoms with van der Waals surface area (Å²) in [5.74, 6) is -0.935. The first-order valence-corrected chi connectivity index (χ1v) is 4.03. The highest BCUT2D eigenvalue weighted by molar-refractivity contribution is 7.74. The summed E-state index contributed by atoms with van der Waals surface area (Å²) in [5.41, 5.74) is 0.176. The summed E-state index contributed by atoms with van der Waals surface area (Å²) < 4.78 is 22.7.